The maximum Gasteiger partial charge on any atom is 0.191 e. The predicted octanol–water partition coefficient (Wildman–Crippen LogP) is 3.55. The van der Waals surface area contributed by atoms with E-state index in [-0.39, 0.29) is 35.1 Å². The molecule has 0 bridgehead atoms. The Kier molecular flexibility index (Phi) is 10.5. The van der Waals surface area contributed by atoms with E-state index in [1.54, 1.807) is 0 Å². The van der Waals surface area contributed by atoms with E-state index < -0.39 is 9.84 Å². The Labute approximate surface area is 197 Å². The third-order valence-electron chi connectivity index (χ3n) is 4.86. The van der Waals surface area contributed by atoms with Gasteiger partial charge in [-0.2, -0.15) is 0 Å². The molecule has 1 atom stereocenters. The van der Waals surface area contributed by atoms with Crippen LogP contribution in [0.4, 0.5) is 5.69 Å². The summed E-state index contributed by atoms with van der Waals surface area (Å²) >= 11 is 6.11. The number of anilines is 1. The van der Waals surface area contributed by atoms with E-state index in [9.17, 15) is 8.42 Å². The number of nitrogens with zero attached hydrogens (tertiary/aromatic N) is 2. The summed E-state index contributed by atoms with van der Waals surface area (Å²) in [5, 5.41) is 7.57. The molecule has 9 heteroatoms. The van der Waals surface area contributed by atoms with Gasteiger partial charge in [-0.25, -0.2) is 8.42 Å². The van der Waals surface area contributed by atoms with Gasteiger partial charge in [-0.15, -0.1) is 24.0 Å². The third-order valence-corrected chi connectivity index (χ3v) is 6.04. The molecule has 1 heterocycles. The Hall–Kier alpha value is -0.740. The minimum atomic E-state index is -2.95. The van der Waals surface area contributed by atoms with E-state index in [1.165, 1.54) is 6.26 Å². The van der Waals surface area contributed by atoms with Crippen molar-refractivity contribution in [2.75, 3.05) is 43.1 Å². The third kappa shape index (κ3) is 9.74. The quantitative estimate of drug-likeness (QED) is 0.291. The van der Waals surface area contributed by atoms with Gasteiger partial charge in [0.15, 0.2) is 5.96 Å². The fraction of sp³-hybridized carbons (Fsp3) is 0.650. The standard InChI is InChI=1S/C20H33ClN4O2S.HI/c1-5-22-19(23-15-20(2,3)10-12-28(4,26)27)24-17-9-11-25(14-17)18-8-6-7-16(21)13-18;/h6-8,13,17H,5,9-12,14-15H2,1-4H3,(H2,22,23,24);1H. The summed E-state index contributed by atoms with van der Waals surface area (Å²) < 4.78 is 22.9. The van der Waals surface area contributed by atoms with E-state index >= 15 is 0 Å². The van der Waals surface area contributed by atoms with E-state index in [0.29, 0.717) is 19.0 Å². The van der Waals surface area contributed by atoms with E-state index in [4.69, 9.17) is 16.6 Å². The highest BCUT2D eigenvalue weighted by atomic mass is 127. The lowest BCUT2D eigenvalue weighted by molar-refractivity contribution is 0.365. The van der Waals surface area contributed by atoms with Crippen LogP contribution in [-0.4, -0.2) is 58.6 Å². The van der Waals surface area contributed by atoms with Crippen LogP contribution >= 0.6 is 35.6 Å². The molecule has 6 nitrogen and oxygen atoms in total. The van der Waals surface area contributed by atoms with Crippen LogP contribution in [0.5, 0.6) is 0 Å². The van der Waals surface area contributed by atoms with Crippen molar-refractivity contribution >= 4 is 57.1 Å². The van der Waals surface area contributed by atoms with Crippen LogP contribution in [-0.2, 0) is 9.84 Å². The Morgan fingerprint density at radius 2 is 2.10 bits per heavy atom. The van der Waals surface area contributed by atoms with Gasteiger partial charge >= 0.3 is 0 Å². The van der Waals surface area contributed by atoms with E-state index in [0.717, 1.165) is 42.7 Å². The molecule has 0 aromatic heterocycles. The lowest BCUT2D eigenvalue weighted by Crippen LogP contribution is -2.45. The molecule has 0 radical (unpaired) electrons. The molecule has 1 aromatic carbocycles. The number of aliphatic imine (C=N–C) groups is 1. The van der Waals surface area contributed by atoms with Gasteiger partial charge in [0.1, 0.15) is 9.84 Å². The molecule has 1 saturated heterocycles. The minimum absolute atomic E-state index is 0. The summed E-state index contributed by atoms with van der Waals surface area (Å²) in [6, 6.07) is 8.24. The number of hydrogen-bond donors (Lipinski definition) is 2. The molecule has 1 fully saturated rings. The number of hydrogen-bond acceptors (Lipinski definition) is 4. The van der Waals surface area contributed by atoms with Gasteiger partial charge in [0.25, 0.3) is 0 Å². The second kappa shape index (κ2) is 11.6. The molecule has 0 amide bonds. The first-order valence-electron chi connectivity index (χ1n) is 9.81. The minimum Gasteiger partial charge on any atom is -0.369 e. The van der Waals surface area contributed by atoms with Gasteiger partial charge in [0, 0.05) is 49.2 Å². The van der Waals surface area contributed by atoms with Crippen molar-refractivity contribution in [3.8, 4) is 0 Å². The summed E-state index contributed by atoms with van der Waals surface area (Å²) in [7, 11) is -2.95. The van der Waals surface area contributed by atoms with Gasteiger partial charge in [0.2, 0.25) is 0 Å². The molecule has 0 aliphatic carbocycles. The van der Waals surface area contributed by atoms with E-state index in [2.05, 4.69) is 35.4 Å². The van der Waals surface area contributed by atoms with Crippen molar-refractivity contribution in [1.82, 2.24) is 10.6 Å². The fourth-order valence-electron chi connectivity index (χ4n) is 3.13. The van der Waals surface area contributed by atoms with Crippen molar-refractivity contribution in [3.63, 3.8) is 0 Å². The van der Waals surface area contributed by atoms with Crippen LogP contribution in [0, 0.1) is 5.41 Å². The Balaban J connectivity index is 0.00000420. The van der Waals surface area contributed by atoms with Gasteiger partial charge in [0.05, 0.1) is 5.75 Å². The summed E-state index contributed by atoms with van der Waals surface area (Å²) in [6.07, 6.45) is 2.90. The van der Waals surface area contributed by atoms with E-state index in [1.807, 2.05) is 25.1 Å². The van der Waals surface area contributed by atoms with Crippen molar-refractivity contribution in [2.45, 2.75) is 39.7 Å². The lowest BCUT2D eigenvalue weighted by atomic mass is 9.90. The molecule has 0 spiro atoms. The number of nitrogens with one attached hydrogen (secondary N) is 2. The average Bonchev–Trinajstić information content (AvgIpc) is 3.06. The number of benzene rings is 1. The molecule has 1 unspecified atom stereocenters. The second-order valence-electron chi connectivity index (χ2n) is 8.30. The zero-order valence-electron chi connectivity index (χ0n) is 17.7. The largest absolute Gasteiger partial charge is 0.369 e. The molecule has 1 aliphatic rings. The summed E-state index contributed by atoms with van der Waals surface area (Å²) in [5.74, 6) is 0.976. The number of sulfone groups is 1. The van der Waals surface area contributed by atoms with Crippen LogP contribution in [0.3, 0.4) is 0 Å². The first-order valence-corrected chi connectivity index (χ1v) is 12.2. The van der Waals surface area contributed by atoms with Crippen LogP contribution in [0.25, 0.3) is 0 Å². The summed E-state index contributed by atoms with van der Waals surface area (Å²) in [4.78, 5) is 7.04. The Bertz CT molecular complexity index is 786. The first kappa shape index (κ1) is 26.3. The molecular formula is C20H34ClIN4O2S. The first-order chi connectivity index (χ1) is 13.1. The highest BCUT2D eigenvalue weighted by molar-refractivity contribution is 14.0. The van der Waals surface area contributed by atoms with Crippen molar-refractivity contribution < 1.29 is 8.42 Å². The molecule has 1 aromatic rings. The maximum absolute atomic E-state index is 11.4. The highest BCUT2D eigenvalue weighted by Gasteiger charge is 2.24. The Morgan fingerprint density at radius 1 is 1.38 bits per heavy atom. The molecule has 2 N–H and O–H groups in total. The molecule has 29 heavy (non-hydrogen) atoms. The Morgan fingerprint density at radius 3 is 2.72 bits per heavy atom. The average molecular weight is 557 g/mol. The van der Waals surface area contributed by atoms with Crippen LogP contribution < -0.4 is 15.5 Å². The van der Waals surface area contributed by atoms with Gasteiger partial charge < -0.3 is 15.5 Å². The maximum atomic E-state index is 11.4. The fourth-order valence-corrected chi connectivity index (χ4v) is 4.24. The monoisotopic (exact) mass is 556 g/mol. The molecule has 0 saturated carbocycles. The number of halogens is 2. The SMILES string of the molecule is CCNC(=NCC(C)(C)CCS(C)(=O)=O)NC1CCN(c2cccc(Cl)c2)C1.I. The van der Waals surface area contributed by atoms with Gasteiger partial charge in [-0.1, -0.05) is 31.5 Å². The smallest absolute Gasteiger partial charge is 0.191 e. The van der Waals surface area contributed by atoms with Crippen LogP contribution in [0.1, 0.15) is 33.6 Å². The zero-order valence-corrected chi connectivity index (χ0v) is 21.6. The molecule has 2 rings (SSSR count). The van der Waals surface area contributed by atoms with Crippen molar-refractivity contribution in [1.29, 1.82) is 0 Å². The number of guanidine groups is 1. The van der Waals surface area contributed by atoms with Gasteiger partial charge in [-0.05, 0) is 43.4 Å². The highest BCUT2D eigenvalue weighted by Crippen LogP contribution is 2.24. The van der Waals surface area contributed by atoms with Crippen molar-refractivity contribution in [3.05, 3.63) is 29.3 Å². The normalized spacial score (nSPS) is 17.8. The number of rotatable bonds is 8. The summed E-state index contributed by atoms with van der Waals surface area (Å²) in [6.45, 7) is 9.37. The molecule has 1 aliphatic heterocycles. The molecule has 166 valence electrons. The summed E-state index contributed by atoms with van der Waals surface area (Å²) in [5.41, 5.74) is 0.967. The predicted molar refractivity (Wildman–Crippen MR) is 135 cm³/mol. The lowest BCUT2D eigenvalue weighted by Gasteiger charge is -2.24. The second-order valence-corrected chi connectivity index (χ2v) is 11.0. The van der Waals surface area contributed by atoms with Gasteiger partial charge in [-0.3, -0.25) is 4.99 Å². The van der Waals surface area contributed by atoms with Crippen LogP contribution in [0.2, 0.25) is 5.02 Å². The zero-order chi connectivity index (χ0) is 20.8. The topological polar surface area (TPSA) is 73.8 Å². The molecular weight excluding hydrogens is 523 g/mol. The van der Waals surface area contributed by atoms with Crippen molar-refractivity contribution in [2.24, 2.45) is 10.4 Å². The van der Waals surface area contributed by atoms with Crippen LogP contribution in [0.15, 0.2) is 29.3 Å².